The van der Waals surface area contributed by atoms with E-state index in [2.05, 4.69) is 193 Å². The van der Waals surface area contributed by atoms with Gasteiger partial charge in [-0.15, -0.1) is 0 Å². The van der Waals surface area contributed by atoms with Crippen molar-refractivity contribution in [2.24, 2.45) is 11.8 Å². The van der Waals surface area contributed by atoms with Gasteiger partial charge in [-0.25, -0.2) is 9.59 Å². The topological polar surface area (TPSA) is 76.7 Å². The summed E-state index contributed by atoms with van der Waals surface area (Å²) in [5.74, 6) is 0.351. The van der Waals surface area contributed by atoms with E-state index in [1.54, 1.807) is 0 Å². The van der Waals surface area contributed by atoms with Crippen LogP contribution in [0.3, 0.4) is 0 Å². The molecule has 2 heterocycles. The minimum Gasteiger partial charge on any atom is -1.00 e. The third-order valence-corrected chi connectivity index (χ3v) is 22.4. The predicted octanol–water partition coefficient (Wildman–Crippen LogP) is 3.39. The maximum atomic E-state index is 14.2. The van der Waals surface area contributed by atoms with Gasteiger partial charge in [0.05, 0.1) is 0 Å². The van der Waals surface area contributed by atoms with Crippen molar-refractivity contribution in [1.82, 2.24) is 10.6 Å². The molecule has 2 N–H and O–H groups in total. The summed E-state index contributed by atoms with van der Waals surface area (Å²) in [5, 5.41) is 14.4. The van der Waals surface area contributed by atoms with Crippen molar-refractivity contribution in [1.29, 1.82) is 0 Å². The van der Waals surface area contributed by atoms with Gasteiger partial charge in [0.1, 0.15) is 57.6 Å². The molecule has 68 heavy (non-hydrogen) atoms. The number of nitrogens with one attached hydrogen (secondary N) is 2. The van der Waals surface area contributed by atoms with Crippen LogP contribution in [0.4, 0.5) is 0 Å². The highest BCUT2D eigenvalue weighted by atomic mass is 127. The van der Waals surface area contributed by atoms with Crippen molar-refractivity contribution in [3.8, 4) is 0 Å². The van der Waals surface area contributed by atoms with Crippen molar-refractivity contribution in [3.05, 3.63) is 182 Å². The van der Waals surface area contributed by atoms with E-state index in [1.165, 1.54) is 31.8 Å². The lowest BCUT2D eigenvalue weighted by molar-refractivity contribution is -0.156. The Balaban J connectivity index is 0.000000247. The lowest BCUT2D eigenvalue weighted by Gasteiger charge is -2.39. The molecule has 10 heteroatoms. The maximum Gasteiger partial charge on any atom is 0.349 e. The van der Waals surface area contributed by atoms with Crippen molar-refractivity contribution >= 4 is 58.3 Å². The number of hydrogen-bond donors (Lipinski definition) is 2. The Morgan fingerprint density at radius 2 is 0.588 bits per heavy atom. The van der Waals surface area contributed by atoms with Crippen molar-refractivity contribution < 1.29 is 67.0 Å². The van der Waals surface area contributed by atoms with Gasteiger partial charge >= 0.3 is 11.9 Å². The summed E-state index contributed by atoms with van der Waals surface area (Å²) >= 11 is 0. The van der Waals surface area contributed by atoms with Gasteiger partial charge in [-0.3, -0.25) is 0 Å². The molecule has 2 fully saturated rings. The smallest absolute Gasteiger partial charge is 0.349 e. The molecule has 2 atom stereocenters. The second-order valence-corrected chi connectivity index (χ2v) is 26.7. The molecule has 0 amide bonds. The van der Waals surface area contributed by atoms with Crippen LogP contribution >= 0.6 is 14.5 Å². The minimum absolute atomic E-state index is 0. The molecule has 6 aromatic carbocycles. The average molecular weight is 1170 g/mol. The fourth-order valence-corrected chi connectivity index (χ4v) is 20.4. The number of benzene rings is 6. The van der Waals surface area contributed by atoms with Crippen molar-refractivity contribution in [2.75, 3.05) is 26.2 Å². The largest absolute Gasteiger partial charge is 1.00 e. The summed E-state index contributed by atoms with van der Waals surface area (Å²) in [5.41, 5.74) is -1.57. The van der Waals surface area contributed by atoms with E-state index in [4.69, 9.17) is 9.47 Å². The Labute approximate surface area is 442 Å². The monoisotopic (exact) mass is 1170 g/mol. The zero-order valence-corrected chi connectivity index (χ0v) is 46.7. The first-order chi connectivity index (χ1) is 31.9. The van der Waals surface area contributed by atoms with Crippen LogP contribution in [-0.2, 0) is 19.1 Å². The number of rotatable bonds is 12. The molecule has 6 aromatic rings. The molecular weight excluding hydrogens is 1100 g/mol. The number of hydrogen-bond acceptors (Lipinski definition) is 6. The van der Waals surface area contributed by atoms with E-state index in [-0.39, 0.29) is 83.0 Å². The van der Waals surface area contributed by atoms with E-state index in [9.17, 15) is 9.59 Å². The quantitative estimate of drug-likeness (QED) is 0.111. The number of carbonyl (C=O) groups excluding carboxylic acids is 2. The molecular formula is C58H70I2N2O4P2. The van der Waals surface area contributed by atoms with Crippen LogP contribution in [0.5, 0.6) is 0 Å². The highest BCUT2D eigenvalue weighted by molar-refractivity contribution is 7.97. The summed E-state index contributed by atoms with van der Waals surface area (Å²) in [4.78, 5) is 28.4. The Morgan fingerprint density at radius 3 is 0.765 bits per heavy atom. The molecule has 0 radical (unpaired) electrons. The molecule has 0 aromatic heterocycles. The summed E-state index contributed by atoms with van der Waals surface area (Å²) in [6, 6.07) is 64.1. The third-order valence-electron chi connectivity index (χ3n) is 12.8. The second kappa shape index (κ2) is 25.6. The normalized spacial score (nSPS) is 15.7. The van der Waals surface area contributed by atoms with Crippen LogP contribution < -0.4 is 90.4 Å². The van der Waals surface area contributed by atoms with Crippen LogP contribution in [0.1, 0.15) is 67.2 Å². The number of carbonyl (C=O) groups is 2. The Bertz CT molecular complexity index is 2040. The molecule has 8 rings (SSSR count). The molecule has 0 bridgehead atoms. The van der Waals surface area contributed by atoms with Crippen molar-refractivity contribution in [2.45, 2.75) is 89.7 Å². The van der Waals surface area contributed by atoms with Crippen LogP contribution in [0.2, 0.25) is 0 Å². The van der Waals surface area contributed by atoms with E-state index in [1.807, 2.05) is 41.5 Å². The second-order valence-electron chi connectivity index (χ2n) is 19.6. The maximum absolute atomic E-state index is 14.2. The Hall–Kier alpha value is -3.50. The third kappa shape index (κ3) is 13.1. The van der Waals surface area contributed by atoms with Crippen LogP contribution in [0, 0.1) is 11.8 Å². The van der Waals surface area contributed by atoms with Crippen molar-refractivity contribution in [3.63, 3.8) is 0 Å². The number of ether oxygens (including phenoxy) is 2. The summed E-state index contributed by atoms with van der Waals surface area (Å²) in [6.45, 7) is 15.6. The van der Waals surface area contributed by atoms with Gasteiger partial charge in [-0.1, -0.05) is 109 Å². The number of halogens is 2. The SMILES string of the molecule is CC(C)(C)OC(=O)C(C1CCNCC1)[P+](c1ccccc1)(c1ccccc1)c1ccccc1.CC(C)(C)OC(=O)C(C1CCNCC1)[P+](c1ccccc1)(c1ccccc1)c1ccccc1.[I-].[I-]. The van der Waals surface area contributed by atoms with E-state index in [0.29, 0.717) is 0 Å². The zero-order valence-electron chi connectivity index (χ0n) is 40.6. The molecule has 2 unspecified atom stereocenters. The molecule has 2 aliphatic rings. The van der Waals surface area contributed by atoms with E-state index < -0.39 is 25.7 Å². The van der Waals surface area contributed by atoms with Crippen LogP contribution in [0.25, 0.3) is 0 Å². The highest BCUT2D eigenvalue weighted by Gasteiger charge is 2.61. The summed E-state index contributed by atoms with van der Waals surface area (Å²) < 4.78 is 12.4. The van der Waals surface area contributed by atoms with Crippen LogP contribution in [-0.4, -0.2) is 60.6 Å². The molecule has 2 aliphatic heterocycles. The minimum atomic E-state index is -2.38. The molecule has 0 spiro atoms. The average Bonchev–Trinajstić information content (AvgIpc) is 3.33. The lowest BCUT2D eigenvalue weighted by atomic mass is 9.94. The van der Waals surface area contributed by atoms with E-state index >= 15 is 0 Å². The van der Waals surface area contributed by atoms with Gasteiger partial charge < -0.3 is 68.1 Å². The first kappa shape index (κ1) is 55.4. The fourth-order valence-electron chi connectivity index (χ4n) is 10.2. The van der Waals surface area contributed by atoms with Crippen LogP contribution in [0.15, 0.2) is 182 Å². The first-order valence-electron chi connectivity index (χ1n) is 23.8. The molecule has 6 nitrogen and oxygen atoms in total. The Kier molecular flexibility index (Phi) is 20.8. The van der Waals surface area contributed by atoms with Gasteiger partial charge in [0.25, 0.3) is 0 Å². The summed E-state index contributed by atoms with van der Waals surface area (Å²) in [6.07, 6.45) is 3.88. The number of piperidine rings is 2. The van der Waals surface area contributed by atoms with Gasteiger partial charge in [0.15, 0.2) is 11.3 Å². The molecule has 360 valence electrons. The van der Waals surface area contributed by atoms with Gasteiger partial charge in [-0.05, 0) is 166 Å². The van der Waals surface area contributed by atoms with Gasteiger partial charge in [-0.2, -0.15) is 0 Å². The Morgan fingerprint density at radius 1 is 0.397 bits per heavy atom. The zero-order chi connectivity index (χ0) is 46.6. The molecule has 2 saturated heterocycles. The number of esters is 2. The summed E-state index contributed by atoms with van der Waals surface area (Å²) in [7, 11) is -4.75. The van der Waals surface area contributed by atoms with Gasteiger partial charge in [0.2, 0.25) is 0 Å². The standard InChI is InChI=1S/2C29H35NO2P.2HI/c2*1-29(2,3)32-28(31)27(23-19-21-30-22-20-23)33(24-13-7-4-8-14-24,25-15-9-5-10-16-25)26-17-11-6-12-18-26;;/h2*4-18,23,27,30H,19-22H2,1-3H3;2*1H/q2*+1;;/p-2. The first-order valence-corrected chi connectivity index (χ1v) is 27.6. The highest BCUT2D eigenvalue weighted by Crippen LogP contribution is 2.64. The molecule has 0 aliphatic carbocycles. The lowest BCUT2D eigenvalue weighted by Crippen LogP contribution is -3.00. The fraction of sp³-hybridized carbons (Fsp3) is 0.345. The van der Waals surface area contributed by atoms with E-state index in [0.717, 1.165) is 51.9 Å². The van der Waals surface area contributed by atoms with Gasteiger partial charge in [0, 0.05) is 11.8 Å². The predicted molar refractivity (Wildman–Crippen MR) is 281 cm³/mol. The molecule has 0 saturated carbocycles.